The highest BCUT2D eigenvalue weighted by molar-refractivity contribution is 5.98. The number of hydrogen-bond acceptors (Lipinski definition) is 7. The third-order valence-corrected chi connectivity index (χ3v) is 10.9. The molecule has 0 radical (unpaired) electrons. The highest BCUT2D eigenvalue weighted by Gasteiger charge is 2.62. The lowest BCUT2D eigenvalue weighted by atomic mass is 9.48. The van der Waals surface area contributed by atoms with E-state index < -0.39 is 23.4 Å². The quantitative estimate of drug-likeness (QED) is 0.234. The summed E-state index contributed by atoms with van der Waals surface area (Å²) in [5, 5.41) is 27.6. The highest BCUT2D eigenvalue weighted by atomic mass is 16.5. The second kappa shape index (κ2) is 13.2. The molecule has 49 heavy (non-hydrogen) atoms. The van der Waals surface area contributed by atoms with Gasteiger partial charge in [-0.15, -0.1) is 0 Å². The van der Waals surface area contributed by atoms with Crippen molar-refractivity contribution in [2.75, 3.05) is 27.8 Å². The molecule has 0 saturated heterocycles. The minimum absolute atomic E-state index is 0.0423. The average molecular weight is 673 g/mol. The van der Waals surface area contributed by atoms with E-state index in [4.69, 9.17) is 19.7 Å². The van der Waals surface area contributed by atoms with Crippen molar-refractivity contribution in [2.45, 2.75) is 63.8 Å². The summed E-state index contributed by atoms with van der Waals surface area (Å²) < 4.78 is 13.1. The average Bonchev–Trinajstić information content (AvgIpc) is 3.52. The molecule has 3 N–H and O–H groups in total. The molecule has 4 saturated carbocycles. The van der Waals surface area contributed by atoms with Gasteiger partial charge in [-0.3, -0.25) is 14.4 Å². The Morgan fingerprint density at radius 3 is 2.10 bits per heavy atom. The van der Waals surface area contributed by atoms with Crippen LogP contribution in [0.25, 0.3) is 16.9 Å². The Morgan fingerprint density at radius 2 is 1.57 bits per heavy atom. The summed E-state index contributed by atoms with van der Waals surface area (Å²) in [6.07, 6.45) is 4.16. The molecular weight excluding hydrogens is 628 g/mol. The van der Waals surface area contributed by atoms with Crippen LogP contribution in [0.2, 0.25) is 0 Å². The number of aromatic nitrogens is 2. The molecule has 4 aliphatic rings. The summed E-state index contributed by atoms with van der Waals surface area (Å²) in [5.41, 5.74) is 1.45. The third-order valence-electron chi connectivity index (χ3n) is 10.9. The standard InChI is InChI=1S/C37H44N4O8/c1-20(2)26-18-23(35(45)40(3)12-11-32(42)43)9-10-28(26)41-29(33-30(48-4)7-6-8-31(33)49-5)19-27(39-41)34(44)38-37(36(46)47)24-14-21-13-22(16-24)17-25(37)15-21/h6-10,18-22,24-25H,11-17H2,1-5H3,(H,38,44)(H,42,43)(H,46,47). The van der Waals surface area contributed by atoms with Gasteiger partial charge in [-0.25, -0.2) is 9.48 Å². The molecule has 12 nitrogen and oxygen atoms in total. The summed E-state index contributed by atoms with van der Waals surface area (Å²) in [6.45, 7) is 4.01. The normalized spacial score (nSPS) is 23.7. The van der Waals surface area contributed by atoms with Crippen molar-refractivity contribution >= 4 is 23.8 Å². The number of methoxy groups -OCH3 is 2. The number of rotatable bonds is 12. The largest absolute Gasteiger partial charge is 0.496 e. The zero-order valence-corrected chi connectivity index (χ0v) is 28.6. The number of carboxylic acids is 2. The molecule has 260 valence electrons. The third kappa shape index (κ3) is 6.02. The number of ether oxygens (including phenoxy) is 2. The van der Waals surface area contributed by atoms with Crippen molar-refractivity contribution in [3.05, 3.63) is 59.3 Å². The Labute approximate surface area is 285 Å². The van der Waals surface area contributed by atoms with Crippen LogP contribution in [-0.2, 0) is 9.59 Å². The SMILES string of the molecule is COc1cccc(OC)c1-c1cc(C(=O)NC2(C(=O)O)C3CC4CC(C3)CC2C4)nn1-c1ccc(C(=O)N(C)CCC(=O)O)cc1C(C)C. The number of carbonyl (C=O) groups is 4. The van der Waals surface area contributed by atoms with Gasteiger partial charge in [0.25, 0.3) is 11.8 Å². The van der Waals surface area contributed by atoms with Gasteiger partial charge in [0, 0.05) is 19.2 Å². The van der Waals surface area contributed by atoms with Gasteiger partial charge in [-0.05, 0) is 104 Å². The van der Waals surface area contributed by atoms with E-state index in [-0.39, 0.29) is 42.3 Å². The minimum atomic E-state index is -1.35. The van der Waals surface area contributed by atoms with Crippen LogP contribution in [0.1, 0.15) is 84.7 Å². The molecule has 2 aromatic carbocycles. The topological polar surface area (TPSA) is 160 Å². The van der Waals surface area contributed by atoms with Crippen molar-refractivity contribution in [3.8, 4) is 28.4 Å². The van der Waals surface area contributed by atoms with Crippen molar-refractivity contribution in [1.29, 1.82) is 0 Å². The van der Waals surface area contributed by atoms with Crippen molar-refractivity contribution in [2.24, 2.45) is 23.7 Å². The van der Waals surface area contributed by atoms with Crippen molar-refractivity contribution < 1.29 is 38.9 Å². The lowest BCUT2D eigenvalue weighted by Crippen LogP contribution is -2.70. The van der Waals surface area contributed by atoms with E-state index in [9.17, 15) is 24.3 Å². The Morgan fingerprint density at radius 1 is 0.959 bits per heavy atom. The molecule has 3 aromatic rings. The second-order valence-corrected chi connectivity index (χ2v) is 14.1. The van der Waals surface area contributed by atoms with Gasteiger partial charge in [-0.2, -0.15) is 5.10 Å². The van der Waals surface area contributed by atoms with Gasteiger partial charge in [-0.1, -0.05) is 19.9 Å². The summed E-state index contributed by atoms with van der Waals surface area (Å²) in [5.74, 6) is -1.25. The maximum Gasteiger partial charge on any atom is 0.330 e. The summed E-state index contributed by atoms with van der Waals surface area (Å²) in [6, 6.07) is 12.1. The fourth-order valence-corrected chi connectivity index (χ4v) is 8.67. The number of benzene rings is 2. The van der Waals surface area contributed by atoms with Crippen LogP contribution in [0.3, 0.4) is 0 Å². The Hall–Kier alpha value is -4.87. The van der Waals surface area contributed by atoms with Gasteiger partial charge in [0.1, 0.15) is 17.0 Å². The lowest BCUT2D eigenvalue weighted by molar-refractivity contribution is -0.163. The van der Waals surface area contributed by atoms with Crippen LogP contribution < -0.4 is 14.8 Å². The molecular formula is C37H44N4O8. The molecule has 7 rings (SSSR count). The minimum Gasteiger partial charge on any atom is -0.496 e. The van der Waals surface area contributed by atoms with Crippen LogP contribution in [0.5, 0.6) is 11.5 Å². The van der Waals surface area contributed by atoms with Crippen LogP contribution in [0.4, 0.5) is 0 Å². The van der Waals surface area contributed by atoms with E-state index >= 15 is 0 Å². The van der Waals surface area contributed by atoms with Crippen LogP contribution in [0.15, 0.2) is 42.5 Å². The molecule has 0 atom stereocenters. The predicted octanol–water partition coefficient (Wildman–Crippen LogP) is 5.24. The van der Waals surface area contributed by atoms with Crippen LogP contribution in [-0.4, -0.2) is 82.0 Å². The number of aliphatic carboxylic acids is 2. The fraction of sp³-hybridized carbons (Fsp3) is 0.486. The molecule has 0 spiro atoms. The summed E-state index contributed by atoms with van der Waals surface area (Å²) in [4.78, 5) is 53.0. The molecule has 0 unspecified atom stereocenters. The highest BCUT2D eigenvalue weighted by Crippen LogP contribution is 2.58. The Bertz CT molecular complexity index is 1750. The van der Waals surface area contributed by atoms with E-state index in [1.807, 2.05) is 13.8 Å². The fourth-order valence-electron chi connectivity index (χ4n) is 8.67. The van der Waals surface area contributed by atoms with E-state index in [1.54, 1.807) is 54.2 Å². The molecule has 0 aliphatic heterocycles. The monoisotopic (exact) mass is 672 g/mol. The Balaban J connectivity index is 1.45. The van der Waals surface area contributed by atoms with Crippen LogP contribution in [0, 0.1) is 23.7 Å². The summed E-state index contributed by atoms with van der Waals surface area (Å²) in [7, 11) is 4.64. The molecule has 2 amide bonds. The molecule has 4 fully saturated rings. The zero-order chi connectivity index (χ0) is 35.2. The first-order valence-electron chi connectivity index (χ1n) is 16.9. The van der Waals surface area contributed by atoms with Gasteiger partial charge in [0.2, 0.25) is 0 Å². The van der Waals surface area contributed by atoms with Crippen LogP contribution >= 0.6 is 0 Å². The zero-order valence-electron chi connectivity index (χ0n) is 28.6. The first kappa shape index (κ1) is 34.0. The van der Waals surface area contributed by atoms with E-state index in [2.05, 4.69) is 5.32 Å². The number of amides is 2. The number of hydrogen-bond donors (Lipinski definition) is 3. The molecule has 4 bridgehead atoms. The van der Waals surface area contributed by atoms with Crippen molar-refractivity contribution in [3.63, 3.8) is 0 Å². The molecule has 4 aliphatic carbocycles. The predicted molar refractivity (Wildman–Crippen MR) is 180 cm³/mol. The first-order valence-corrected chi connectivity index (χ1v) is 16.9. The Kier molecular flexibility index (Phi) is 9.17. The lowest BCUT2D eigenvalue weighted by Gasteiger charge is -2.59. The van der Waals surface area contributed by atoms with Gasteiger partial charge < -0.3 is 29.9 Å². The van der Waals surface area contributed by atoms with Gasteiger partial charge in [0.05, 0.1) is 37.6 Å². The van der Waals surface area contributed by atoms with E-state index in [0.717, 1.165) is 37.7 Å². The smallest absolute Gasteiger partial charge is 0.330 e. The number of nitrogens with zero attached hydrogens (tertiary/aromatic N) is 3. The second-order valence-electron chi connectivity index (χ2n) is 14.1. The van der Waals surface area contributed by atoms with Crippen molar-refractivity contribution in [1.82, 2.24) is 20.0 Å². The maximum absolute atomic E-state index is 14.2. The van der Waals surface area contributed by atoms with E-state index in [0.29, 0.717) is 45.8 Å². The first-order chi connectivity index (χ1) is 23.4. The molecule has 1 aromatic heterocycles. The maximum atomic E-state index is 14.2. The summed E-state index contributed by atoms with van der Waals surface area (Å²) >= 11 is 0. The van der Waals surface area contributed by atoms with Gasteiger partial charge >= 0.3 is 11.9 Å². The number of nitrogens with one attached hydrogen (secondary N) is 1. The number of carbonyl (C=O) groups excluding carboxylic acids is 2. The van der Waals surface area contributed by atoms with Gasteiger partial charge in [0.15, 0.2) is 5.69 Å². The molecule has 1 heterocycles. The van der Waals surface area contributed by atoms with E-state index in [1.165, 1.54) is 19.1 Å². The number of carboxylic acid groups (broad SMARTS) is 2. The molecule has 12 heteroatoms.